The van der Waals surface area contributed by atoms with E-state index in [4.69, 9.17) is 9.47 Å². The van der Waals surface area contributed by atoms with Gasteiger partial charge in [0.25, 0.3) is 0 Å². The van der Waals surface area contributed by atoms with E-state index in [1.165, 1.54) is 6.07 Å². The molecule has 0 saturated heterocycles. The summed E-state index contributed by atoms with van der Waals surface area (Å²) in [6.45, 7) is 0.394. The van der Waals surface area contributed by atoms with Gasteiger partial charge in [-0.2, -0.15) is 0 Å². The summed E-state index contributed by atoms with van der Waals surface area (Å²) in [7, 11) is 1.60. The summed E-state index contributed by atoms with van der Waals surface area (Å²) in [6.07, 6.45) is 1.60. The maximum atomic E-state index is 13.6. The molecule has 2 amide bonds. The first kappa shape index (κ1) is 19.2. The Kier molecular flexibility index (Phi) is 6.41. The third-order valence-electron chi connectivity index (χ3n) is 3.93. The summed E-state index contributed by atoms with van der Waals surface area (Å²) in [4.78, 5) is 16.1. The highest BCUT2D eigenvalue weighted by molar-refractivity contribution is 5.73. The van der Waals surface area contributed by atoms with Gasteiger partial charge in [-0.25, -0.2) is 14.2 Å². The molecule has 3 rings (SSSR count). The van der Waals surface area contributed by atoms with Gasteiger partial charge in [-0.15, -0.1) is 0 Å². The summed E-state index contributed by atoms with van der Waals surface area (Å²) in [5.41, 5.74) is 1.25. The minimum atomic E-state index is -0.391. The molecule has 0 atom stereocenters. The largest absolute Gasteiger partial charge is 0.497 e. The monoisotopic (exact) mass is 381 g/mol. The highest BCUT2D eigenvalue weighted by Gasteiger charge is 2.06. The molecule has 3 aromatic rings. The van der Waals surface area contributed by atoms with Crippen molar-refractivity contribution in [3.05, 3.63) is 83.8 Å². The number of benzene rings is 2. The number of ether oxygens (including phenoxy) is 2. The quantitative estimate of drug-likeness (QED) is 0.648. The Morgan fingerprint density at radius 2 is 1.71 bits per heavy atom. The van der Waals surface area contributed by atoms with Crippen molar-refractivity contribution in [2.24, 2.45) is 0 Å². The Hall–Kier alpha value is -3.61. The predicted molar refractivity (Wildman–Crippen MR) is 103 cm³/mol. The van der Waals surface area contributed by atoms with Crippen LogP contribution in [0, 0.1) is 5.82 Å². The van der Waals surface area contributed by atoms with Gasteiger partial charge in [0, 0.05) is 30.9 Å². The van der Waals surface area contributed by atoms with Crippen LogP contribution in [0.25, 0.3) is 0 Å². The Morgan fingerprint density at radius 3 is 2.46 bits per heavy atom. The highest BCUT2D eigenvalue weighted by atomic mass is 19.1. The molecule has 2 N–H and O–H groups in total. The van der Waals surface area contributed by atoms with Crippen LogP contribution in [-0.4, -0.2) is 18.1 Å². The Morgan fingerprint density at radius 1 is 1.00 bits per heavy atom. The van der Waals surface area contributed by atoms with Gasteiger partial charge in [-0.3, -0.25) is 0 Å². The predicted octanol–water partition coefficient (Wildman–Crippen LogP) is 4.02. The second-order valence-electron chi connectivity index (χ2n) is 5.91. The first-order valence-electron chi connectivity index (χ1n) is 8.66. The van der Waals surface area contributed by atoms with Crippen molar-refractivity contribution in [1.82, 2.24) is 15.6 Å². The topological polar surface area (TPSA) is 72.5 Å². The molecule has 1 aromatic heterocycles. The van der Waals surface area contributed by atoms with Crippen molar-refractivity contribution in [2.45, 2.75) is 13.1 Å². The maximum absolute atomic E-state index is 13.6. The number of nitrogens with zero attached hydrogens (tertiary/aromatic N) is 1. The maximum Gasteiger partial charge on any atom is 0.315 e. The van der Waals surface area contributed by atoms with E-state index in [9.17, 15) is 9.18 Å². The van der Waals surface area contributed by atoms with Gasteiger partial charge in [0.05, 0.1) is 7.11 Å². The molecule has 0 aliphatic heterocycles. The van der Waals surface area contributed by atoms with Crippen molar-refractivity contribution >= 4 is 6.03 Å². The molecular weight excluding hydrogens is 361 g/mol. The zero-order valence-corrected chi connectivity index (χ0v) is 15.3. The zero-order valence-electron chi connectivity index (χ0n) is 15.3. The molecule has 28 heavy (non-hydrogen) atoms. The van der Waals surface area contributed by atoms with Crippen molar-refractivity contribution < 1.29 is 18.7 Å². The van der Waals surface area contributed by atoms with Crippen molar-refractivity contribution in [3.8, 4) is 17.4 Å². The molecule has 0 radical (unpaired) electrons. The lowest BCUT2D eigenvalue weighted by Crippen LogP contribution is -2.34. The number of pyridine rings is 1. The third-order valence-corrected chi connectivity index (χ3v) is 3.93. The van der Waals surface area contributed by atoms with E-state index in [1.54, 1.807) is 67.9 Å². The second-order valence-corrected chi connectivity index (χ2v) is 5.91. The first-order chi connectivity index (χ1) is 13.6. The molecule has 7 heteroatoms. The molecule has 0 fully saturated rings. The molecule has 2 aromatic carbocycles. The average Bonchev–Trinajstić information content (AvgIpc) is 2.72. The summed E-state index contributed by atoms with van der Waals surface area (Å²) in [6, 6.07) is 16.6. The van der Waals surface area contributed by atoms with Gasteiger partial charge in [-0.05, 0) is 42.0 Å². The Balaban J connectivity index is 1.51. The smallest absolute Gasteiger partial charge is 0.315 e. The standard InChI is InChI=1S/C21H20FN3O3/c1-27-17-6-8-18(9-7-17)28-20-12-15(10-11-23-20)13-24-21(26)25-14-16-4-2-3-5-19(16)22/h2-12H,13-14H2,1H3,(H2,24,25,26). The number of carbonyl (C=O) groups is 1. The number of halogens is 1. The van der Waals surface area contributed by atoms with Crippen LogP contribution in [0.1, 0.15) is 11.1 Å². The van der Waals surface area contributed by atoms with E-state index < -0.39 is 6.03 Å². The minimum Gasteiger partial charge on any atom is -0.497 e. The van der Waals surface area contributed by atoms with Crippen molar-refractivity contribution in [3.63, 3.8) is 0 Å². The van der Waals surface area contributed by atoms with Gasteiger partial charge in [-0.1, -0.05) is 18.2 Å². The number of hydrogen-bond acceptors (Lipinski definition) is 4. The number of methoxy groups -OCH3 is 1. The summed E-state index contributed by atoms with van der Waals surface area (Å²) >= 11 is 0. The number of nitrogens with one attached hydrogen (secondary N) is 2. The van der Waals surface area contributed by atoms with Crippen LogP contribution >= 0.6 is 0 Å². The number of carbonyl (C=O) groups excluding carboxylic acids is 1. The molecular formula is C21H20FN3O3. The molecule has 0 spiro atoms. The number of hydrogen-bond donors (Lipinski definition) is 2. The van der Waals surface area contributed by atoms with Gasteiger partial charge in [0.1, 0.15) is 17.3 Å². The molecule has 0 bridgehead atoms. The molecule has 0 aliphatic carbocycles. The lowest BCUT2D eigenvalue weighted by molar-refractivity contribution is 0.240. The van der Waals surface area contributed by atoms with Crippen LogP contribution in [0.5, 0.6) is 17.4 Å². The van der Waals surface area contributed by atoms with E-state index in [1.807, 2.05) is 0 Å². The van der Waals surface area contributed by atoms with Crippen LogP contribution < -0.4 is 20.1 Å². The second kappa shape index (κ2) is 9.36. The fourth-order valence-electron chi connectivity index (χ4n) is 2.44. The molecule has 0 unspecified atom stereocenters. The van der Waals surface area contributed by atoms with Gasteiger partial charge in [0.15, 0.2) is 0 Å². The molecule has 1 heterocycles. The van der Waals surface area contributed by atoms with Crippen LogP contribution in [0.15, 0.2) is 66.9 Å². The lowest BCUT2D eigenvalue weighted by atomic mass is 10.2. The number of amides is 2. The van der Waals surface area contributed by atoms with E-state index >= 15 is 0 Å². The van der Waals surface area contributed by atoms with Crippen LogP contribution in [0.3, 0.4) is 0 Å². The van der Waals surface area contributed by atoms with Crippen molar-refractivity contribution in [2.75, 3.05) is 7.11 Å². The summed E-state index contributed by atoms with van der Waals surface area (Å²) < 4.78 is 24.4. The van der Waals surface area contributed by atoms with E-state index in [-0.39, 0.29) is 18.9 Å². The summed E-state index contributed by atoms with van der Waals surface area (Å²) in [5, 5.41) is 5.35. The normalized spacial score (nSPS) is 10.2. The molecule has 6 nitrogen and oxygen atoms in total. The number of urea groups is 1. The van der Waals surface area contributed by atoms with Crippen LogP contribution in [0.2, 0.25) is 0 Å². The highest BCUT2D eigenvalue weighted by Crippen LogP contribution is 2.22. The van der Waals surface area contributed by atoms with Gasteiger partial charge < -0.3 is 20.1 Å². The minimum absolute atomic E-state index is 0.112. The Labute approximate surface area is 162 Å². The number of aromatic nitrogens is 1. The first-order valence-corrected chi connectivity index (χ1v) is 8.66. The fraction of sp³-hybridized carbons (Fsp3) is 0.143. The van der Waals surface area contributed by atoms with Crippen LogP contribution in [-0.2, 0) is 13.1 Å². The summed E-state index contributed by atoms with van der Waals surface area (Å²) in [5.74, 6) is 1.43. The Bertz CT molecular complexity index is 932. The SMILES string of the molecule is COc1ccc(Oc2cc(CNC(=O)NCc3ccccc3F)ccn2)cc1. The average molecular weight is 381 g/mol. The number of rotatable bonds is 7. The van der Waals surface area contributed by atoms with E-state index in [0.29, 0.717) is 17.2 Å². The van der Waals surface area contributed by atoms with Gasteiger partial charge >= 0.3 is 6.03 Å². The van der Waals surface area contributed by atoms with Crippen LogP contribution in [0.4, 0.5) is 9.18 Å². The molecule has 144 valence electrons. The third kappa shape index (κ3) is 5.44. The van der Waals surface area contributed by atoms with E-state index in [0.717, 1.165) is 11.3 Å². The zero-order chi connectivity index (χ0) is 19.8. The molecule has 0 aliphatic rings. The van der Waals surface area contributed by atoms with Crippen molar-refractivity contribution in [1.29, 1.82) is 0 Å². The fourth-order valence-corrected chi connectivity index (χ4v) is 2.44. The lowest BCUT2D eigenvalue weighted by Gasteiger charge is -2.10. The van der Waals surface area contributed by atoms with E-state index in [2.05, 4.69) is 15.6 Å². The van der Waals surface area contributed by atoms with Gasteiger partial charge in [0.2, 0.25) is 5.88 Å². The molecule has 0 saturated carbocycles.